The van der Waals surface area contributed by atoms with Crippen LogP contribution in [-0.2, 0) is 10.8 Å². The maximum Gasteiger partial charge on any atom is 0.0930 e. The van der Waals surface area contributed by atoms with Crippen molar-refractivity contribution in [2.75, 3.05) is 0 Å². The van der Waals surface area contributed by atoms with E-state index < -0.39 is 0 Å². The van der Waals surface area contributed by atoms with E-state index in [1.54, 1.807) is 0 Å². The fourth-order valence-corrected chi connectivity index (χ4v) is 3.82. The average Bonchev–Trinajstić information content (AvgIpc) is 3.03. The predicted octanol–water partition coefficient (Wildman–Crippen LogP) is 6.37. The molecule has 0 atom stereocenters. The van der Waals surface area contributed by atoms with Gasteiger partial charge in [0.1, 0.15) is 0 Å². The van der Waals surface area contributed by atoms with Gasteiger partial charge in [0, 0.05) is 23.3 Å². The van der Waals surface area contributed by atoms with Gasteiger partial charge >= 0.3 is 0 Å². The molecule has 0 amide bonds. The van der Waals surface area contributed by atoms with Gasteiger partial charge in [0.05, 0.1) is 22.4 Å². The van der Waals surface area contributed by atoms with Crippen LogP contribution in [0.5, 0.6) is 0 Å². The van der Waals surface area contributed by atoms with Gasteiger partial charge in [-0.3, -0.25) is 4.98 Å². The van der Waals surface area contributed by atoms with E-state index in [9.17, 15) is 0 Å². The third-order valence-corrected chi connectivity index (χ3v) is 5.12. The molecule has 0 aliphatic carbocycles. The highest BCUT2D eigenvalue weighted by atomic mass is 14.8. The topological polar surface area (TPSA) is 41.6 Å². The molecular weight excluding hydrogens is 330 g/mol. The summed E-state index contributed by atoms with van der Waals surface area (Å²) >= 11 is 0. The average molecular weight is 358 g/mol. The van der Waals surface area contributed by atoms with Crippen molar-refractivity contribution in [2.45, 2.75) is 52.4 Å². The maximum absolute atomic E-state index is 5.06. The Morgan fingerprint density at radius 2 is 1.59 bits per heavy atom. The first-order chi connectivity index (χ1) is 12.7. The van der Waals surface area contributed by atoms with Crippen molar-refractivity contribution >= 4 is 21.8 Å². The molecule has 0 spiro atoms. The molecule has 3 nitrogen and oxygen atoms in total. The summed E-state index contributed by atoms with van der Waals surface area (Å²) in [6.07, 6.45) is 4.05. The second-order valence-electron chi connectivity index (χ2n) is 9.36. The summed E-state index contributed by atoms with van der Waals surface area (Å²) in [6.45, 7) is 13.4. The maximum atomic E-state index is 5.06. The number of nitrogens with zero attached hydrogens (tertiary/aromatic N) is 2. The highest BCUT2D eigenvalue weighted by molar-refractivity contribution is 5.91. The Morgan fingerprint density at radius 3 is 2.30 bits per heavy atom. The van der Waals surface area contributed by atoms with Crippen LogP contribution in [0.4, 0.5) is 0 Å². The number of aromatic amines is 1. The molecule has 0 radical (unpaired) electrons. The van der Waals surface area contributed by atoms with Gasteiger partial charge in [-0.25, -0.2) is 4.98 Å². The van der Waals surface area contributed by atoms with Crippen molar-refractivity contribution in [3.63, 3.8) is 0 Å². The number of aromatic nitrogens is 3. The Morgan fingerprint density at radius 1 is 0.852 bits per heavy atom. The molecule has 0 bridgehead atoms. The van der Waals surface area contributed by atoms with Crippen molar-refractivity contribution in [2.24, 2.45) is 0 Å². The number of hydrogen-bond donors (Lipinski definition) is 1. The first kappa shape index (κ1) is 17.7. The van der Waals surface area contributed by atoms with Gasteiger partial charge in [-0.05, 0) is 33.9 Å². The minimum Gasteiger partial charge on any atom is -0.360 e. The molecule has 27 heavy (non-hydrogen) atoms. The van der Waals surface area contributed by atoms with Crippen LogP contribution in [0.1, 0.15) is 52.7 Å². The largest absolute Gasteiger partial charge is 0.360 e. The van der Waals surface area contributed by atoms with Crippen LogP contribution < -0.4 is 0 Å². The van der Waals surface area contributed by atoms with E-state index in [2.05, 4.69) is 89.1 Å². The summed E-state index contributed by atoms with van der Waals surface area (Å²) in [5, 5.41) is 2.42. The van der Waals surface area contributed by atoms with Gasteiger partial charge in [0.15, 0.2) is 0 Å². The number of rotatable bonds is 1. The fraction of sp³-hybridized carbons (Fsp3) is 0.333. The van der Waals surface area contributed by atoms with Crippen molar-refractivity contribution in [3.8, 4) is 11.4 Å². The predicted molar refractivity (Wildman–Crippen MR) is 114 cm³/mol. The van der Waals surface area contributed by atoms with Gasteiger partial charge in [0.25, 0.3) is 0 Å². The third kappa shape index (κ3) is 3.01. The van der Waals surface area contributed by atoms with Crippen LogP contribution in [-0.4, -0.2) is 15.0 Å². The molecule has 4 rings (SSSR count). The lowest BCUT2D eigenvalue weighted by Gasteiger charge is -2.24. The fourth-order valence-electron chi connectivity index (χ4n) is 3.82. The number of nitrogens with one attached hydrogen (secondary N) is 1. The zero-order chi connectivity index (χ0) is 19.4. The summed E-state index contributed by atoms with van der Waals surface area (Å²) in [5.41, 5.74) is 6.50. The molecule has 138 valence electrons. The molecule has 3 aromatic heterocycles. The number of benzene rings is 1. The molecule has 3 heteroatoms. The summed E-state index contributed by atoms with van der Waals surface area (Å²) in [5.74, 6) is 0. The SMILES string of the molecule is CC(C)(C)c1c(-c2ccc3[nH]cc(C(C)(C)C)c3n2)ncc2ccccc12. The Hall–Kier alpha value is -2.68. The van der Waals surface area contributed by atoms with Gasteiger partial charge in [-0.1, -0.05) is 65.8 Å². The minimum absolute atomic E-state index is 0.0353. The zero-order valence-electron chi connectivity index (χ0n) is 17.0. The monoisotopic (exact) mass is 357 g/mol. The van der Waals surface area contributed by atoms with Crippen LogP contribution in [0, 0.1) is 0 Å². The molecule has 1 N–H and O–H groups in total. The number of hydrogen-bond acceptors (Lipinski definition) is 2. The van der Waals surface area contributed by atoms with E-state index in [-0.39, 0.29) is 10.8 Å². The van der Waals surface area contributed by atoms with Crippen LogP contribution >= 0.6 is 0 Å². The number of pyridine rings is 2. The van der Waals surface area contributed by atoms with E-state index >= 15 is 0 Å². The second kappa shape index (κ2) is 5.91. The van der Waals surface area contributed by atoms with Gasteiger partial charge < -0.3 is 4.98 Å². The summed E-state index contributed by atoms with van der Waals surface area (Å²) < 4.78 is 0. The van der Waals surface area contributed by atoms with Gasteiger partial charge in [0.2, 0.25) is 0 Å². The molecule has 0 unspecified atom stereocenters. The lowest BCUT2D eigenvalue weighted by atomic mass is 9.82. The first-order valence-electron chi connectivity index (χ1n) is 9.53. The smallest absolute Gasteiger partial charge is 0.0930 e. The van der Waals surface area contributed by atoms with E-state index in [4.69, 9.17) is 9.97 Å². The molecule has 0 aliphatic heterocycles. The first-order valence-corrected chi connectivity index (χ1v) is 9.53. The van der Waals surface area contributed by atoms with E-state index in [1.165, 1.54) is 21.9 Å². The molecule has 0 saturated heterocycles. The van der Waals surface area contributed by atoms with Crippen molar-refractivity contribution in [1.82, 2.24) is 15.0 Å². The third-order valence-electron chi connectivity index (χ3n) is 5.12. The van der Waals surface area contributed by atoms with Gasteiger partial charge in [-0.15, -0.1) is 0 Å². The minimum atomic E-state index is -0.0369. The van der Waals surface area contributed by atoms with E-state index in [0.717, 1.165) is 22.4 Å². The van der Waals surface area contributed by atoms with E-state index in [0.29, 0.717) is 0 Å². The molecule has 0 saturated carbocycles. The van der Waals surface area contributed by atoms with E-state index in [1.807, 2.05) is 6.20 Å². The molecule has 4 aromatic rings. The molecule has 0 fully saturated rings. The Bertz CT molecular complexity index is 1140. The summed E-state index contributed by atoms with van der Waals surface area (Å²) in [4.78, 5) is 13.3. The van der Waals surface area contributed by atoms with Crippen LogP contribution in [0.3, 0.4) is 0 Å². The quantitative estimate of drug-likeness (QED) is 0.430. The van der Waals surface area contributed by atoms with Crippen molar-refractivity contribution in [1.29, 1.82) is 0 Å². The Balaban J connectivity index is 2.03. The molecule has 1 aromatic carbocycles. The number of H-pyrrole nitrogens is 1. The zero-order valence-corrected chi connectivity index (χ0v) is 17.0. The van der Waals surface area contributed by atoms with Crippen LogP contribution in [0.2, 0.25) is 0 Å². The Kier molecular flexibility index (Phi) is 3.88. The highest BCUT2D eigenvalue weighted by Gasteiger charge is 2.25. The normalized spacial score (nSPS) is 12.8. The molecule has 0 aliphatic rings. The second-order valence-corrected chi connectivity index (χ2v) is 9.36. The molecular formula is C24H27N3. The lowest BCUT2D eigenvalue weighted by Crippen LogP contribution is -2.15. The van der Waals surface area contributed by atoms with Gasteiger partial charge in [-0.2, -0.15) is 0 Å². The van der Waals surface area contributed by atoms with Crippen LogP contribution in [0.15, 0.2) is 48.8 Å². The van der Waals surface area contributed by atoms with Crippen molar-refractivity contribution < 1.29 is 0 Å². The lowest BCUT2D eigenvalue weighted by molar-refractivity contribution is 0.593. The summed E-state index contributed by atoms with van der Waals surface area (Å²) in [7, 11) is 0. The summed E-state index contributed by atoms with van der Waals surface area (Å²) in [6, 6.07) is 12.7. The van der Waals surface area contributed by atoms with Crippen molar-refractivity contribution in [3.05, 3.63) is 59.9 Å². The number of fused-ring (bicyclic) bond motifs is 2. The highest BCUT2D eigenvalue weighted by Crippen LogP contribution is 2.37. The molecule has 3 heterocycles. The van der Waals surface area contributed by atoms with Crippen LogP contribution in [0.25, 0.3) is 33.2 Å². The Labute approximate surface area is 160 Å². The standard InChI is InChI=1S/C24H27N3/c1-23(2,3)17-14-25-18-11-12-19(27-21(17)18)22-20(24(4,5)6)16-10-8-7-9-15(16)13-26-22/h7-14,25H,1-6H3.